The number of nitrogens with zero attached hydrogens (tertiary/aromatic N) is 8. The molecule has 21 rings (SSSR count). The van der Waals surface area contributed by atoms with E-state index < -0.39 is 0 Å². The molecule has 0 radical (unpaired) electrons. The molecule has 0 N–H and O–H groups in total. The van der Waals surface area contributed by atoms with Crippen LogP contribution in [0.15, 0.2) is 305 Å². The number of fused-ring (bicyclic) bond motifs is 12. The Morgan fingerprint density at radius 1 is 0.273 bits per heavy atom. The molecule has 0 atom stereocenters. The Bertz CT molecular complexity index is 7600. The summed E-state index contributed by atoms with van der Waals surface area (Å²) in [6.45, 7) is 31.0. The highest BCUT2D eigenvalue weighted by Crippen LogP contribution is 2.45. The number of hydrogen-bond acceptors (Lipinski definition) is 3. The molecular weight excluding hydrogens is 1480 g/mol. The van der Waals surface area contributed by atoms with Crippen molar-refractivity contribution in [2.45, 2.75) is 109 Å². The predicted molar refractivity (Wildman–Crippen MR) is 499 cm³/mol. The number of benzene rings is 14. The van der Waals surface area contributed by atoms with Crippen molar-refractivity contribution in [3.8, 4) is 68.3 Å². The van der Waals surface area contributed by atoms with Crippen molar-refractivity contribution in [1.29, 1.82) is 0 Å². The quantitative estimate of drug-likeness (QED) is 0.128. The number of hydrogen-bond donors (Lipinski definition) is 0. The second-order valence-corrected chi connectivity index (χ2v) is 33.5. The zero-order valence-corrected chi connectivity index (χ0v) is 72.7. The van der Waals surface area contributed by atoms with Crippen LogP contribution in [0, 0.1) is 69.2 Å². The summed E-state index contributed by atoms with van der Waals surface area (Å²) in [7, 11) is 8.60. The lowest BCUT2D eigenvalue weighted by Gasteiger charge is -2.18. The summed E-state index contributed by atoms with van der Waals surface area (Å²) in [6.07, 6.45) is 4.25. The number of furan rings is 3. The first-order valence-electron chi connectivity index (χ1n) is 42.3. The molecule has 0 aliphatic rings. The molecule has 0 aliphatic heterocycles. The highest BCUT2D eigenvalue weighted by atomic mass is 16.3. The molecule has 0 spiro atoms. The molecule has 0 saturated heterocycles. The van der Waals surface area contributed by atoms with E-state index in [1.807, 2.05) is 30.3 Å². The Morgan fingerprint density at radius 3 is 1.06 bits per heavy atom. The minimum absolute atomic E-state index is 0.444. The average Bonchev–Trinajstić information content (AvgIpc) is 1.57. The summed E-state index contributed by atoms with van der Waals surface area (Å²) >= 11 is 0. The fraction of sp³-hybridized carbons (Fsp3) is 0.182. The highest BCUT2D eigenvalue weighted by molar-refractivity contribution is 6.12. The Hall–Kier alpha value is -13.9. The summed E-state index contributed by atoms with van der Waals surface area (Å²) in [5.74, 6) is 5.55. The maximum atomic E-state index is 6.49. The number of aryl methyl sites for hydroxylation is 14. The molecule has 0 unspecified atom stereocenters. The molecule has 0 fully saturated rings. The van der Waals surface area contributed by atoms with Gasteiger partial charge in [0.05, 0.1) is 39.3 Å². The summed E-state index contributed by atoms with van der Waals surface area (Å²) in [5.41, 5.74) is 37.8. The van der Waals surface area contributed by atoms with E-state index in [0.29, 0.717) is 11.8 Å². The van der Waals surface area contributed by atoms with E-state index in [0.717, 1.165) is 99.8 Å². The van der Waals surface area contributed by atoms with Crippen LogP contribution in [0.25, 0.3) is 167 Å². The maximum absolute atomic E-state index is 6.49. The molecule has 0 aliphatic carbocycles. The van der Waals surface area contributed by atoms with Gasteiger partial charge in [0, 0.05) is 49.0 Å². The van der Waals surface area contributed by atoms with Crippen molar-refractivity contribution in [2.24, 2.45) is 28.2 Å². The van der Waals surface area contributed by atoms with E-state index in [-0.39, 0.29) is 0 Å². The number of imidazole rings is 4. The van der Waals surface area contributed by atoms with E-state index >= 15 is 0 Å². The first-order chi connectivity index (χ1) is 58.6. The van der Waals surface area contributed by atoms with Gasteiger partial charge in [-0.2, -0.15) is 18.3 Å². The first kappa shape index (κ1) is 78.3. The van der Waals surface area contributed by atoms with Crippen LogP contribution in [0.4, 0.5) is 0 Å². The van der Waals surface area contributed by atoms with Gasteiger partial charge >= 0.3 is 0 Å². The predicted octanol–water partition coefficient (Wildman–Crippen LogP) is 26.4. The van der Waals surface area contributed by atoms with Gasteiger partial charge in [0.1, 0.15) is 68.6 Å². The SMILES string of the molecule is Cc1cc2c(oc3ccccc32)c(C)c1-n1cc[n+](C)c1-c1c(C)ccc2c1oc1ccccc12.Cc1cccc(C)c1-n1c(-c2c(C)ccc3c2oc2ccccc23)[n+](C)c2ccccc21.Cc1ccccc1-c1n(-c2c(C(C)C)cccc2C(C)C)c2ccccc2[n+]1C.Cc1ccccc1-c1n(-c2c(C)cccc2C)c2ccccc2[n+]1C. The molecule has 7 aromatic heterocycles. The molecule has 0 bridgehead atoms. The molecule has 11 heteroatoms. The zero-order chi connectivity index (χ0) is 84.1. The van der Waals surface area contributed by atoms with Crippen molar-refractivity contribution in [1.82, 2.24) is 18.3 Å². The van der Waals surface area contributed by atoms with Gasteiger partial charge in [0.2, 0.25) is 0 Å². The third-order valence-corrected chi connectivity index (χ3v) is 25.0. The van der Waals surface area contributed by atoms with Gasteiger partial charge < -0.3 is 13.3 Å². The number of para-hydroxylation sites is 12. The lowest BCUT2D eigenvalue weighted by molar-refractivity contribution is -0.659. The Labute approximate surface area is 707 Å². The van der Waals surface area contributed by atoms with Crippen molar-refractivity contribution in [3.63, 3.8) is 0 Å². The van der Waals surface area contributed by atoms with E-state index in [2.05, 4.69) is 423 Å². The molecule has 0 saturated carbocycles. The summed E-state index contributed by atoms with van der Waals surface area (Å²) in [6, 6.07) is 99.0. The van der Waals surface area contributed by atoms with Crippen molar-refractivity contribution < 1.29 is 31.5 Å². The smallest absolute Gasteiger partial charge is 0.299 e. The summed E-state index contributed by atoms with van der Waals surface area (Å²) < 4.78 is 38.1. The standard InChI is InChI=1S/C31H25N2O2.C29H25N2O.C27H31N2.C23H23N2/c1-18-13-14-23-21-9-5-7-11-25(21)35-30(23)27(18)31-32(4)15-16-33(31)28-19(2)17-24-22-10-6-8-12-26(22)34-29(24)20(28)3;1-18-16-17-22-21-12-5-8-15-25(21)32-28(22)26(18)29-30(4)23-13-6-7-14-24(23)31(29)27-19(2)10-9-11-20(27)3;1-18(2)21-14-11-15-22(19(3)4)26(21)29-25-17-10-9-16-24(25)28(6)27(29)23-13-8-7-12-20(23)5;1-16-10-5-6-13-19(16)23-24(4)20-14-7-8-15-21(20)25(23)22-17(2)11-9-12-18(22)3/h5-17H,1-4H3;5-17H,1-4H3;7-19H,1-6H3;5-15H,1-4H3/q4*+1. The van der Waals surface area contributed by atoms with Crippen LogP contribution in [-0.2, 0) is 28.2 Å². The Kier molecular flexibility index (Phi) is 20.3. The zero-order valence-electron chi connectivity index (χ0n) is 72.7. The van der Waals surface area contributed by atoms with Gasteiger partial charge in [-0.1, -0.05) is 234 Å². The molecule has 598 valence electrons. The van der Waals surface area contributed by atoms with Gasteiger partial charge in [-0.15, -0.1) is 0 Å². The molecule has 121 heavy (non-hydrogen) atoms. The number of aromatic nitrogens is 8. The van der Waals surface area contributed by atoms with Crippen LogP contribution < -0.4 is 18.3 Å². The molecule has 0 amide bonds. The Morgan fingerprint density at radius 2 is 0.620 bits per heavy atom. The van der Waals surface area contributed by atoms with E-state index in [1.165, 1.54) is 134 Å². The minimum atomic E-state index is 0.444. The van der Waals surface area contributed by atoms with Crippen LogP contribution in [0.5, 0.6) is 0 Å². The molecular formula is C110H104N8O3+4. The molecule has 7 heterocycles. The fourth-order valence-electron chi connectivity index (χ4n) is 19.1. The maximum Gasteiger partial charge on any atom is 0.299 e. The summed E-state index contributed by atoms with van der Waals surface area (Å²) in [4.78, 5) is 0. The average molecular weight is 1590 g/mol. The van der Waals surface area contributed by atoms with Gasteiger partial charge in [-0.05, 0) is 204 Å². The second kappa shape index (κ2) is 31.4. The number of rotatable bonds is 10. The van der Waals surface area contributed by atoms with Crippen LogP contribution in [0.3, 0.4) is 0 Å². The normalized spacial score (nSPS) is 11.7. The lowest BCUT2D eigenvalue weighted by atomic mass is 9.92. The molecule has 21 aromatic rings. The van der Waals surface area contributed by atoms with Crippen LogP contribution in [-0.4, -0.2) is 18.3 Å². The van der Waals surface area contributed by atoms with E-state index in [4.69, 9.17) is 13.3 Å². The third kappa shape index (κ3) is 13.2. The molecule has 14 aromatic carbocycles. The van der Waals surface area contributed by atoms with Crippen LogP contribution in [0.2, 0.25) is 0 Å². The van der Waals surface area contributed by atoms with E-state index in [1.54, 1.807) is 0 Å². The van der Waals surface area contributed by atoms with Gasteiger partial charge in [0.25, 0.3) is 23.3 Å². The highest BCUT2D eigenvalue weighted by Gasteiger charge is 2.36. The van der Waals surface area contributed by atoms with Crippen molar-refractivity contribution in [2.75, 3.05) is 0 Å². The van der Waals surface area contributed by atoms with Crippen molar-refractivity contribution >= 4 is 98.9 Å². The van der Waals surface area contributed by atoms with Gasteiger partial charge in [-0.3, -0.25) is 0 Å². The van der Waals surface area contributed by atoms with Crippen LogP contribution >= 0.6 is 0 Å². The fourth-order valence-corrected chi connectivity index (χ4v) is 19.1. The topological polar surface area (TPSA) is 74.7 Å². The third-order valence-electron chi connectivity index (χ3n) is 25.0. The molecule has 11 nitrogen and oxygen atoms in total. The Balaban J connectivity index is 0.000000111. The van der Waals surface area contributed by atoms with Crippen molar-refractivity contribution in [3.05, 3.63) is 358 Å². The summed E-state index contributed by atoms with van der Waals surface area (Å²) in [5, 5.41) is 6.89. The van der Waals surface area contributed by atoms with Crippen LogP contribution in [0.1, 0.15) is 106 Å². The monoisotopic (exact) mass is 1580 g/mol. The minimum Gasteiger partial charge on any atom is -0.456 e. The first-order valence-corrected chi connectivity index (χ1v) is 42.3. The second-order valence-electron chi connectivity index (χ2n) is 33.5. The van der Waals surface area contributed by atoms with Gasteiger partial charge in [-0.25, -0.2) is 18.3 Å². The van der Waals surface area contributed by atoms with Gasteiger partial charge in [0.15, 0.2) is 44.3 Å². The lowest BCUT2D eigenvalue weighted by Crippen LogP contribution is -2.30. The van der Waals surface area contributed by atoms with E-state index in [9.17, 15) is 0 Å². The largest absolute Gasteiger partial charge is 0.456 e.